The van der Waals surface area contributed by atoms with Gasteiger partial charge in [-0.3, -0.25) is 0 Å². The molecule has 0 fully saturated rings. The lowest BCUT2D eigenvalue weighted by Crippen LogP contribution is -2.12. The Hall–Kier alpha value is -0.740. The molecule has 0 amide bonds. The molecular formula is C9H8BrClO3. The van der Waals surface area contributed by atoms with E-state index in [1.54, 1.807) is 18.2 Å². The molecule has 0 atom stereocenters. The van der Waals surface area contributed by atoms with Gasteiger partial charge in [-0.2, -0.15) is 0 Å². The molecule has 0 saturated carbocycles. The molecular weight excluding hydrogens is 271 g/mol. The summed E-state index contributed by atoms with van der Waals surface area (Å²) in [6.45, 7) is -0.117. The third kappa shape index (κ3) is 3.20. The van der Waals surface area contributed by atoms with E-state index in [1.165, 1.54) is 7.11 Å². The van der Waals surface area contributed by atoms with Gasteiger partial charge in [-0.05, 0) is 34.1 Å². The molecule has 0 aliphatic rings. The number of hydrogen-bond donors (Lipinski definition) is 0. The van der Waals surface area contributed by atoms with Gasteiger partial charge in [-0.25, -0.2) is 4.79 Å². The second kappa shape index (κ2) is 5.22. The first-order valence-electron chi connectivity index (χ1n) is 3.78. The number of carbonyl (C=O) groups is 1. The minimum Gasteiger partial charge on any atom is -0.482 e. The van der Waals surface area contributed by atoms with Crippen LogP contribution in [0.25, 0.3) is 0 Å². The molecule has 0 aliphatic heterocycles. The van der Waals surface area contributed by atoms with E-state index in [-0.39, 0.29) is 6.61 Å². The topological polar surface area (TPSA) is 35.5 Å². The van der Waals surface area contributed by atoms with E-state index in [4.69, 9.17) is 16.3 Å². The fourth-order valence-corrected chi connectivity index (χ4v) is 1.18. The second-order valence-corrected chi connectivity index (χ2v) is 3.70. The smallest absolute Gasteiger partial charge is 0.343 e. The summed E-state index contributed by atoms with van der Waals surface area (Å²) in [6.07, 6.45) is 0. The maximum atomic E-state index is 10.7. The van der Waals surface area contributed by atoms with E-state index < -0.39 is 5.97 Å². The van der Waals surface area contributed by atoms with Gasteiger partial charge in [0.15, 0.2) is 6.61 Å². The number of rotatable bonds is 3. The zero-order chi connectivity index (χ0) is 10.6. The number of halogens is 2. The van der Waals surface area contributed by atoms with Crippen LogP contribution in [-0.2, 0) is 9.53 Å². The van der Waals surface area contributed by atoms with Crippen molar-refractivity contribution in [3.8, 4) is 5.75 Å². The summed E-state index contributed by atoms with van der Waals surface area (Å²) < 4.78 is 10.3. The Labute approximate surface area is 95.1 Å². The summed E-state index contributed by atoms with van der Waals surface area (Å²) in [5.74, 6) is 0.104. The number of ether oxygens (including phenoxy) is 2. The van der Waals surface area contributed by atoms with Gasteiger partial charge >= 0.3 is 5.97 Å². The van der Waals surface area contributed by atoms with E-state index in [1.807, 2.05) is 0 Å². The highest BCUT2D eigenvalue weighted by Crippen LogP contribution is 2.26. The molecule has 14 heavy (non-hydrogen) atoms. The Morgan fingerprint density at radius 2 is 2.29 bits per heavy atom. The van der Waals surface area contributed by atoms with Crippen LogP contribution in [0, 0.1) is 0 Å². The minimum atomic E-state index is -0.427. The van der Waals surface area contributed by atoms with Crippen molar-refractivity contribution in [2.75, 3.05) is 13.7 Å². The number of benzene rings is 1. The lowest BCUT2D eigenvalue weighted by atomic mass is 10.3. The molecule has 0 spiro atoms. The Morgan fingerprint density at radius 3 is 2.86 bits per heavy atom. The zero-order valence-corrected chi connectivity index (χ0v) is 9.76. The van der Waals surface area contributed by atoms with Gasteiger partial charge in [0.2, 0.25) is 0 Å². The second-order valence-electron chi connectivity index (χ2n) is 2.44. The molecule has 0 heterocycles. The number of methoxy groups -OCH3 is 1. The van der Waals surface area contributed by atoms with Crippen molar-refractivity contribution in [3.05, 3.63) is 27.7 Å². The standard InChI is InChI=1S/C9H8BrClO3/c1-13-9(12)5-14-6-2-3-7(10)8(11)4-6/h2-4H,5H2,1H3. The van der Waals surface area contributed by atoms with Crippen LogP contribution < -0.4 is 4.74 Å². The molecule has 0 unspecified atom stereocenters. The van der Waals surface area contributed by atoms with Gasteiger partial charge in [-0.15, -0.1) is 0 Å². The quantitative estimate of drug-likeness (QED) is 0.798. The lowest BCUT2D eigenvalue weighted by Gasteiger charge is -2.05. The van der Waals surface area contributed by atoms with Crippen LogP contribution in [0.15, 0.2) is 22.7 Å². The van der Waals surface area contributed by atoms with Gasteiger partial charge in [0, 0.05) is 4.47 Å². The summed E-state index contributed by atoms with van der Waals surface area (Å²) in [7, 11) is 1.31. The van der Waals surface area contributed by atoms with Crippen molar-refractivity contribution in [2.45, 2.75) is 0 Å². The number of esters is 1. The van der Waals surface area contributed by atoms with Gasteiger partial charge in [-0.1, -0.05) is 11.6 Å². The monoisotopic (exact) mass is 278 g/mol. The molecule has 3 nitrogen and oxygen atoms in total. The van der Waals surface area contributed by atoms with E-state index in [9.17, 15) is 4.79 Å². The van der Waals surface area contributed by atoms with Crippen molar-refractivity contribution in [1.29, 1.82) is 0 Å². The van der Waals surface area contributed by atoms with Crippen LogP contribution in [0.5, 0.6) is 5.75 Å². The molecule has 0 saturated heterocycles. The summed E-state index contributed by atoms with van der Waals surface area (Å²) in [4.78, 5) is 10.7. The molecule has 0 N–H and O–H groups in total. The highest BCUT2D eigenvalue weighted by Gasteiger charge is 2.03. The summed E-state index contributed by atoms with van der Waals surface area (Å²) in [6, 6.07) is 5.07. The fraction of sp³-hybridized carbons (Fsp3) is 0.222. The molecule has 5 heteroatoms. The van der Waals surface area contributed by atoms with E-state index in [2.05, 4.69) is 20.7 Å². The van der Waals surface area contributed by atoms with Crippen LogP contribution in [0.2, 0.25) is 5.02 Å². The zero-order valence-electron chi connectivity index (χ0n) is 7.42. The average molecular weight is 280 g/mol. The number of carbonyl (C=O) groups excluding carboxylic acids is 1. The third-order valence-electron chi connectivity index (χ3n) is 1.48. The van der Waals surface area contributed by atoms with Crippen LogP contribution >= 0.6 is 27.5 Å². The molecule has 0 radical (unpaired) electrons. The van der Waals surface area contributed by atoms with Crippen molar-refractivity contribution in [1.82, 2.24) is 0 Å². The van der Waals surface area contributed by atoms with Crippen molar-refractivity contribution in [3.63, 3.8) is 0 Å². The number of hydrogen-bond acceptors (Lipinski definition) is 3. The lowest BCUT2D eigenvalue weighted by molar-refractivity contribution is -0.142. The summed E-state index contributed by atoms with van der Waals surface area (Å²) >= 11 is 9.06. The Bertz CT molecular complexity index is 341. The molecule has 76 valence electrons. The first-order chi connectivity index (χ1) is 6.63. The van der Waals surface area contributed by atoms with E-state index >= 15 is 0 Å². The SMILES string of the molecule is COC(=O)COc1ccc(Br)c(Cl)c1. The van der Waals surface area contributed by atoms with Crippen LogP contribution in [-0.4, -0.2) is 19.7 Å². The van der Waals surface area contributed by atoms with Crippen LogP contribution in [0.3, 0.4) is 0 Å². The minimum absolute atomic E-state index is 0.117. The van der Waals surface area contributed by atoms with E-state index in [0.717, 1.165) is 4.47 Å². The van der Waals surface area contributed by atoms with Crippen molar-refractivity contribution in [2.24, 2.45) is 0 Å². The fourth-order valence-electron chi connectivity index (χ4n) is 0.768. The highest BCUT2D eigenvalue weighted by molar-refractivity contribution is 9.10. The van der Waals surface area contributed by atoms with Crippen molar-refractivity contribution < 1.29 is 14.3 Å². The Kier molecular flexibility index (Phi) is 4.22. The third-order valence-corrected chi connectivity index (χ3v) is 2.71. The molecule has 0 aliphatic carbocycles. The van der Waals surface area contributed by atoms with E-state index in [0.29, 0.717) is 10.8 Å². The first kappa shape index (κ1) is 11.3. The molecule has 0 bridgehead atoms. The summed E-state index contributed by atoms with van der Waals surface area (Å²) in [5.41, 5.74) is 0. The maximum Gasteiger partial charge on any atom is 0.343 e. The van der Waals surface area contributed by atoms with Gasteiger partial charge in [0.25, 0.3) is 0 Å². The van der Waals surface area contributed by atoms with Crippen LogP contribution in [0.4, 0.5) is 0 Å². The molecule has 1 rings (SSSR count). The van der Waals surface area contributed by atoms with Gasteiger partial charge < -0.3 is 9.47 Å². The molecule has 1 aromatic carbocycles. The maximum absolute atomic E-state index is 10.7. The first-order valence-corrected chi connectivity index (χ1v) is 4.95. The predicted molar refractivity (Wildman–Crippen MR) is 56.7 cm³/mol. The van der Waals surface area contributed by atoms with Crippen molar-refractivity contribution >= 4 is 33.5 Å². The Balaban J connectivity index is 2.60. The normalized spacial score (nSPS) is 9.64. The summed E-state index contributed by atoms with van der Waals surface area (Å²) in [5, 5.41) is 0.535. The molecule has 1 aromatic rings. The highest BCUT2D eigenvalue weighted by atomic mass is 79.9. The van der Waals surface area contributed by atoms with Gasteiger partial charge in [0.1, 0.15) is 5.75 Å². The Morgan fingerprint density at radius 1 is 1.57 bits per heavy atom. The van der Waals surface area contributed by atoms with Crippen LogP contribution in [0.1, 0.15) is 0 Å². The largest absolute Gasteiger partial charge is 0.482 e. The predicted octanol–water partition coefficient (Wildman–Crippen LogP) is 2.65. The average Bonchev–Trinajstić information content (AvgIpc) is 2.19. The molecule has 0 aromatic heterocycles. The van der Waals surface area contributed by atoms with Gasteiger partial charge in [0.05, 0.1) is 12.1 Å².